The Morgan fingerprint density at radius 2 is 1.95 bits per heavy atom. The number of hydrogen-bond donors (Lipinski definition) is 1. The van der Waals surface area contributed by atoms with E-state index >= 15 is 0 Å². The number of aliphatic hydroxyl groups excluding tert-OH is 1. The van der Waals surface area contributed by atoms with Crippen LogP contribution in [-0.4, -0.2) is 34.5 Å². The fourth-order valence-electron chi connectivity index (χ4n) is 5.85. The fourth-order valence-corrected chi connectivity index (χ4v) is 7.02. The Labute approximate surface area is 249 Å². The molecule has 6 rings (SSSR count). The number of benzene rings is 3. The second kappa shape index (κ2) is 11.2. The van der Waals surface area contributed by atoms with E-state index < -0.39 is 17.7 Å². The van der Waals surface area contributed by atoms with Crippen molar-refractivity contribution in [2.45, 2.75) is 65.5 Å². The van der Waals surface area contributed by atoms with Crippen LogP contribution >= 0.6 is 11.3 Å². The molecule has 7 nitrogen and oxygen atoms in total. The average Bonchev–Trinajstić information content (AvgIpc) is 3.63. The van der Waals surface area contributed by atoms with Gasteiger partial charge in [0.15, 0.2) is 5.13 Å². The van der Waals surface area contributed by atoms with Crippen LogP contribution in [0.4, 0.5) is 5.13 Å². The van der Waals surface area contributed by atoms with Crippen molar-refractivity contribution >= 4 is 44.1 Å². The first-order valence-corrected chi connectivity index (χ1v) is 15.3. The molecule has 1 amide bonds. The summed E-state index contributed by atoms with van der Waals surface area (Å²) in [4.78, 5) is 33.8. The number of carbonyl (C=O) groups is 2. The largest absolute Gasteiger partial charge is 0.507 e. The number of Topliss-reactive ketones (excluding diaryl/α,β-unsaturated/α-hetero) is 1. The lowest BCUT2D eigenvalue weighted by Gasteiger charge is -2.23. The summed E-state index contributed by atoms with van der Waals surface area (Å²) in [5.74, 6) is -0.269. The molecule has 8 heteroatoms. The number of anilines is 1. The van der Waals surface area contributed by atoms with E-state index in [9.17, 15) is 14.7 Å². The first-order valence-electron chi connectivity index (χ1n) is 14.5. The third-order valence-corrected chi connectivity index (χ3v) is 8.83. The molecule has 42 heavy (non-hydrogen) atoms. The summed E-state index contributed by atoms with van der Waals surface area (Å²) in [7, 11) is 0. The van der Waals surface area contributed by atoms with E-state index in [0.717, 1.165) is 51.9 Å². The van der Waals surface area contributed by atoms with E-state index in [1.165, 1.54) is 16.2 Å². The van der Waals surface area contributed by atoms with Crippen molar-refractivity contribution in [1.29, 1.82) is 0 Å². The molecule has 0 bridgehead atoms. The SMILES string of the molecule is CCCCCOc1cccc([C@@H]2/C(=C(\O)c3ccc4c(c3)C[C@H](C)O4)C(=O)C(=O)N2c2nc3c(C)cc(C)cc3s2)c1. The Kier molecular flexibility index (Phi) is 7.49. The summed E-state index contributed by atoms with van der Waals surface area (Å²) in [6, 6.07) is 16.0. The number of unbranched alkanes of at least 4 members (excludes halogenated alkanes) is 2. The Morgan fingerprint density at radius 1 is 1.12 bits per heavy atom. The standard InChI is InChI=1S/C34H34N2O5S/c1-5-6-7-13-40-25-10-8-9-22(18-25)30-28(31(37)23-11-12-26-24(17-23)16-21(4)41-26)32(38)33(39)36(30)34-35-29-20(3)14-19(2)15-27(29)42-34/h8-12,14-15,17-18,21,30,37H,5-7,13,16H2,1-4H3/b31-28+/t21-,30+/m0/s1. The van der Waals surface area contributed by atoms with Crippen molar-refractivity contribution in [3.8, 4) is 11.5 Å². The third-order valence-electron chi connectivity index (χ3n) is 7.83. The van der Waals surface area contributed by atoms with Gasteiger partial charge in [-0.2, -0.15) is 0 Å². The number of aliphatic hydroxyl groups is 1. The monoisotopic (exact) mass is 582 g/mol. The van der Waals surface area contributed by atoms with Crippen LogP contribution in [0.15, 0.2) is 60.2 Å². The van der Waals surface area contributed by atoms with Crippen LogP contribution in [0.3, 0.4) is 0 Å². The second-order valence-corrected chi connectivity index (χ2v) is 12.2. The number of ether oxygens (including phenoxy) is 2. The number of rotatable bonds is 8. The van der Waals surface area contributed by atoms with Gasteiger partial charge in [-0.05, 0) is 85.8 Å². The molecule has 216 valence electrons. The first-order chi connectivity index (χ1) is 20.2. The van der Waals surface area contributed by atoms with Gasteiger partial charge >= 0.3 is 5.91 Å². The molecule has 1 N–H and O–H groups in total. The molecule has 2 atom stereocenters. The minimum Gasteiger partial charge on any atom is -0.507 e. The van der Waals surface area contributed by atoms with Gasteiger partial charge in [0.2, 0.25) is 0 Å². The molecule has 0 saturated carbocycles. The number of fused-ring (bicyclic) bond motifs is 2. The third kappa shape index (κ3) is 5.04. The Hall–Kier alpha value is -4.17. The van der Waals surface area contributed by atoms with Crippen molar-refractivity contribution < 1.29 is 24.2 Å². The maximum Gasteiger partial charge on any atom is 0.301 e. The van der Waals surface area contributed by atoms with Gasteiger partial charge in [0.1, 0.15) is 23.4 Å². The van der Waals surface area contributed by atoms with Crippen LogP contribution in [0, 0.1) is 13.8 Å². The predicted octanol–water partition coefficient (Wildman–Crippen LogP) is 7.43. The number of aryl methyl sites for hydroxylation is 2. The number of hydrogen-bond acceptors (Lipinski definition) is 7. The maximum absolute atomic E-state index is 13.8. The van der Waals surface area contributed by atoms with Crippen molar-refractivity contribution in [2.24, 2.45) is 0 Å². The van der Waals surface area contributed by atoms with E-state index in [-0.39, 0.29) is 17.4 Å². The van der Waals surface area contributed by atoms with Crippen LogP contribution < -0.4 is 14.4 Å². The van der Waals surface area contributed by atoms with Gasteiger partial charge in [-0.3, -0.25) is 14.5 Å². The van der Waals surface area contributed by atoms with Crippen LogP contribution in [0.25, 0.3) is 16.0 Å². The van der Waals surface area contributed by atoms with Crippen LogP contribution in [0.2, 0.25) is 0 Å². The normalized spacial score (nSPS) is 19.4. The number of thiazole rings is 1. The molecule has 0 spiro atoms. The molecule has 3 heterocycles. The number of aromatic nitrogens is 1. The summed E-state index contributed by atoms with van der Waals surface area (Å²) >= 11 is 1.37. The summed E-state index contributed by atoms with van der Waals surface area (Å²) < 4.78 is 12.8. The molecule has 1 aromatic heterocycles. The Morgan fingerprint density at radius 3 is 2.76 bits per heavy atom. The molecule has 0 unspecified atom stereocenters. The smallest absolute Gasteiger partial charge is 0.301 e. The van der Waals surface area contributed by atoms with E-state index in [1.807, 2.05) is 63.2 Å². The summed E-state index contributed by atoms with van der Waals surface area (Å²) in [5, 5.41) is 12.1. The summed E-state index contributed by atoms with van der Waals surface area (Å²) in [5.41, 5.74) is 5.00. The molecular formula is C34H34N2O5S. The molecule has 0 aliphatic carbocycles. The molecule has 2 aliphatic heterocycles. The van der Waals surface area contributed by atoms with Crippen molar-refractivity contribution in [1.82, 2.24) is 4.98 Å². The molecule has 0 radical (unpaired) electrons. The average molecular weight is 583 g/mol. The molecule has 2 aliphatic rings. The summed E-state index contributed by atoms with van der Waals surface area (Å²) in [6.07, 6.45) is 3.84. The molecule has 4 aromatic rings. The highest BCUT2D eigenvalue weighted by atomic mass is 32.1. The predicted molar refractivity (Wildman–Crippen MR) is 166 cm³/mol. The number of carbonyl (C=O) groups excluding carboxylic acids is 2. The number of ketones is 1. The fraction of sp³-hybridized carbons (Fsp3) is 0.324. The van der Waals surface area contributed by atoms with Crippen LogP contribution in [-0.2, 0) is 16.0 Å². The van der Waals surface area contributed by atoms with Crippen molar-refractivity contribution in [2.75, 3.05) is 11.5 Å². The first kappa shape index (κ1) is 28.0. The quantitative estimate of drug-likeness (QED) is 0.101. The molecular weight excluding hydrogens is 548 g/mol. The maximum atomic E-state index is 13.8. The highest BCUT2D eigenvalue weighted by molar-refractivity contribution is 7.22. The van der Waals surface area contributed by atoms with Gasteiger partial charge in [0.05, 0.1) is 28.4 Å². The van der Waals surface area contributed by atoms with E-state index in [0.29, 0.717) is 35.0 Å². The molecule has 1 fully saturated rings. The minimum absolute atomic E-state index is 0.0298. The van der Waals surface area contributed by atoms with Crippen molar-refractivity contribution in [3.05, 3.63) is 88.0 Å². The molecule has 1 saturated heterocycles. The van der Waals surface area contributed by atoms with Gasteiger partial charge in [-0.1, -0.05) is 49.3 Å². The highest BCUT2D eigenvalue weighted by Crippen LogP contribution is 2.45. The van der Waals surface area contributed by atoms with E-state index in [1.54, 1.807) is 6.07 Å². The second-order valence-electron chi connectivity index (χ2n) is 11.2. The van der Waals surface area contributed by atoms with Gasteiger partial charge < -0.3 is 14.6 Å². The topological polar surface area (TPSA) is 89.0 Å². The van der Waals surface area contributed by atoms with E-state index in [4.69, 9.17) is 14.5 Å². The Bertz CT molecular complexity index is 1740. The van der Waals surface area contributed by atoms with Gasteiger partial charge in [0.25, 0.3) is 5.78 Å². The van der Waals surface area contributed by atoms with Gasteiger partial charge in [-0.15, -0.1) is 0 Å². The minimum atomic E-state index is -0.880. The molecule has 3 aromatic carbocycles. The summed E-state index contributed by atoms with van der Waals surface area (Å²) in [6.45, 7) is 8.71. The zero-order chi connectivity index (χ0) is 29.5. The number of nitrogens with zero attached hydrogens (tertiary/aromatic N) is 2. The Balaban J connectivity index is 1.49. The van der Waals surface area contributed by atoms with Crippen LogP contribution in [0.5, 0.6) is 11.5 Å². The van der Waals surface area contributed by atoms with Crippen molar-refractivity contribution in [3.63, 3.8) is 0 Å². The lowest BCUT2D eigenvalue weighted by molar-refractivity contribution is -0.132. The highest BCUT2D eigenvalue weighted by Gasteiger charge is 2.48. The van der Waals surface area contributed by atoms with E-state index in [2.05, 4.69) is 13.0 Å². The van der Waals surface area contributed by atoms with Gasteiger partial charge in [-0.25, -0.2) is 4.98 Å². The lowest BCUT2D eigenvalue weighted by Crippen LogP contribution is -2.29. The lowest BCUT2D eigenvalue weighted by atomic mass is 9.94. The zero-order valence-electron chi connectivity index (χ0n) is 24.3. The van der Waals surface area contributed by atoms with Crippen LogP contribution in [0.1, 0.15) is 67.0 Å². The van der Waals surface area contributed by atoms with Gasteiger partial charge in [0, 0.05) is 12.0 Å². The number of amides is 1. The zero-order valence-corrected chi connectivity index (χ0v) is 25.1.